The van der Waals surface area contributed by atoms with Gasteiger partial charge in [-0.1, -0.05) is 12.8 Å². The molecule has 0 spiro atoms. The van der Waals surface area contributed by atoms with Crippen LogP contribution >= 0.6 is 0 Å². The molecule has 0 radical (unpaired) electrons. The molecule has 0 aromatic rings. The maximum Gasteiger partial charge on any atom is 0.00990 e. The fourth-order valence-electron chi connectivity index (χ4n) is 2.69. The normalized spacial score (nSPS) is 43.9. The molecule has 1 aliphatic carbocycles. The van der Waals surface area contributed by atoms with Gasteiger partial charge in [-0.25, -0.2) is 0 Å². The third-order valence-corrected chi connectivity index (χ3v) is 3.37. The standard InChI is InChI=1S/C9H18N2/c10-5-7-6-11-9-4-2-1-3-8(7)9/h7-9,11H,1-6,10H2/t7-,8-,9-/m1/s1. The smallest absolute Gasteiger partial charge is 0.00990 e. The summed E-state index contributed by atoms with van der Waals surface area (Å²) in [5.41, 5.74) is 5.70. The lowest BCUT2D eigenvalue weighted by molar-refractivity contribution is 0.278. The Morgan fingerprint density at radius 2 is 2.09 bits per heavy atom. The molecule has 2 rings (SSSR count). The first-order valence-corrected chi connectivity index (χ1v) is 4.85. The van der Waals surface area contributed by atoms with Gasteiger partial charge in [0.05, 0.1) is 0 Å². The summed E-state index contributed by atoms with van der Waals surface area (Å²) in [7, 11) is 0. The van der Waals surface area contributed by atoms with Crippen molar-refractivity contribution in [1.29, 1.82) is 0 Å². The summed E-state index contributed by atoms with van der Waals surface area (Å²) in [5.74, 6) is 1.69. The third kappa shape index (κ3) is 1.30. The van der Waals surface area contributed by atoms with E-state index < -0.39 is 0 Å². The summed E-state index contributed by atoms with van der Waals surface area (Å²) in [4.78, 5) is 0. The highest BCUT2D eigenvalue weighted by molar-refractivity contribution is 4.92. The van der Waals surface area contributed by atoms with Gasteiger partial charge in [0.1, 0.15) is 0 Å². The van der Waals surface area contributed by atoms with E-state index >= 15 is 0 Å². The second kappa shape index (κ2) is 3.11. The van der Waals surface area contributed by atoms with Crippen LogP contribution in [-0.2, 0) is 0 Å². The molecule has 0 amide bonds. The lowest BCUT2D eigenvalue weighted by Crippen LogP contribution is -2.31. The topological polar surface area (TPSA) is 38.0 Å². The van der Waals surface area contributed by atoms with Crippen LogP contribution in [0.15, 0.2) is 0 Å². The second-order valence-corrected chi connectivity index (χ2v) is 3.96. The third-order valence-electron chi connectivity index (χ3n) is 3.37. The highest BCUT2D eigenvalue weighted by atomic mass is 15.0. The van der Waals surface area contributed by atoms with Crippen molar-refractivity contribution < 1.29 is 0 Å². The van der Waals surface area contributed by atoms with Gasteiger partial charge in [0.25, 0.3) is 0 Å². The summed E-state index contributed by atoms with van der Waals surface area (Å²) in [6, 6.07) is 0.817. The van der Waals surface area contributed by atoms with Gasteiger partial charge in [-0.2, -0.15) is 0 Å². The lowest BCUT2D eigenvalue weighted by atomic mass is 9.80. The average Bonchev–Trinajstić information content (AvgIpc) is 2.47. The van der Waals surface area contributed by atoms with Crippen molar-refractivity contribution in [2.45, 2.75) is 31.7 Å². The van der Waals surface area contributed by atoms with Crippen LogP contribution in [0.3, 0.4) is 0 Å². The molecule has 0 bridgehead atoms. The molecule has 0 unspecified atom stereocenters. The first-order valence-electron chi connectivity index (χ1n) is 4.85. The maximum absolute atomic E-state index is 5.70. The van der Waals surface area contributed by atoms with E-state index in [2.05, 4.69) is 5.32 Å². The van der Waals surface area contributed by atoms with E-state index in [4.69, 9.17) is 5.73 Å². The van der Waals surface area contributed by atoms with Crippen molar-refractivity contribution in [3.05, 3.63) is 0 Å². The van der Waals surface area contributed by atoms with Gasteiger partial charge in [0.2, 0.25) is 0 Å². The predicted octanol–water partition coefficient (Wildman–Crippen LogP) is 0.723. The quantitative estimate of drug-likeness (QED) is 0.584. The Morgan fingerprint density at radius 1 is 1.27 bits per heavy atom. The van der Waals surface area contributed by atoms with Crippen LogP contribution < -0.4 is 11.1 Å². The molecule has 0 aromatic carbocycles. The summed E-state index contributed by atoms with van der Waals surface area (Å²) >= 11 is 0. The Hall–Kier alpha value is -0.0800. The molecule has 0 aromatic heterocycles. The fraction of sp³-hybridized carbons (Fsp3) is 1.00. The van der Waals surface area contributed by atoms with Crippen molar-refractivity contribution in [1.82, 2.24) is 5.32 Å². The first-order chi connectivity index (χ1) is 5.42. The molecule has 64 valence electrons. The largest absolute Gasteiger partial charge is 0.330 e. The first kappa shape index (κ1) is 7.56. The van der Waals surface area contributed by atoms with E-state index in [1.165, 1.54) is 32.2 Å². The molecule has 1 saturated heterocycles. The van der Waals surface area contributed by atoms with Gasteiger partial charge in [-0.15, -0.1) is 0 Å². The summed E-state index contributed by atoms with van der Waals surface area (Å²) in [6.07, 6.45) is 5.66. The number of hydrogen-bond donors (Lipinski definition) is 2. The number of hydrogen-bond acceptors (Lipinski definition) is 2. The summed E-state index contributed by atoms with van der Waals surface area (Å²) in [6.45, 7) is 2.06. The van der Waals surface area contributed by atoms with E-state index in [0.29, 0.717) is 0 Å². The SMILES string of the molecule is NC[C@@H]1CN[C@@H]2CCCC[C@H]12. The van der Waals surface area contributed by atoms with Crippen LogP contribution in [0.1, 0.15) is 25.7 Å². The van der Waals surface area contributed by atoms with Gasteiger partial charge in [0, 0.05) is 6.04 Å². The van der Waals surface area contributed by atoms with Crippen molar-refractivity contribution in [2.24, 2.45) is 17.6 Å². The lowest BCUT2D eigenvalue weighted by Gasteiger charge is -2.27. The predicted molar refractivity (Wildman–Crippen MR) is 46.3 cm³/mol. The molecule has 2 nitrogen and oxygen atoms in total. The Morgan fingerprint density at radius 3 is 2.91 bits per heavy atom. The van der Waals surface area contributed by atoms with Crippen molar-refractivity contribution in [3.63, 3.8) is 0 Å². The minimum absolute atomic E-state index is 0.778. The van der Waals surface area contributed by atoms with E-state index in [1.807, 2.05) is 0 Å². The highest BCUT2D eigenvalue weighted by Crippen LogP contribution is 2.33. The molecular weight excluding hydrogens is 136 g/mol. The maximum atomic E-state index is 5.70. The van der Waals surface area contributed by atoms with Gasteiger partial charge in [-0.05, 0) is 37.8 Å². The Labute approximate surface area is 68.5 Å². The molecule has 3 atom stereocenters. The molecule has 3 N–H and O–H groups in total. The van der Waals surface area contributed by atoms with Crippen LogP contribution in [0.4, 0.5) is 0 Å². The molecule has 2 heteroatoms. The van der Waals surface area contributed by atoms with Gasteiger partial charge >= 0.3 is 0 Å². The van der Waals surface area contributed by atoms with Crippen molar-refractivity contribution in [2.75, 3.05) is 13.1 Å². The molecule has 2 aliphatic rings. The van der Waals surface area contributed by atoms with Crippen LogP contribution in [0, 0.1) is 11.8 Å². The van der Waals surface area contributed by atoms with E-state index in [-0.39, 0.29) is 0 Å². The van der Waals surface area contributed by atoms with Crippen LogP contribution in [0.2, 0.25) is 0 Å². The molecular formula is C9H18N2. The number of fused-ring (bicyclic) bond motifs is 1. The van der Waals surface area contributed by atoms with E-state index in [9.17, 15) is 0 Å². The average molecular weight is 154 g/mol. The van der Waals surface area contributed by atoms with Crippen molar-refractivity contribution in [3.8, 4) is 0 Å². The minimum Gasteiger partial charge on any atom is -0.330 e. The number of nitrogens with one attached hydrogen (secondary N) is 1. The highest BCUT2D eigenvalue weighted by Gasteiger charge is 2.35. The van der Waals surface area contributed by atoms with Gasteiger partial charge in [0.15, 0.2) is 0 Å². The van der Waals surface area contributed by atoms with E-state index in [0.717, 1.165) is 24.4 Å². The summed E-state index contributed by atoms with van der Waals surface area (Å²) < 4.78 is 0. The van der Waals surface area contributed by atoms with Gasteiger partial charge in [-0.3, -0.25) is 0 Å². The Kier molecular flexibility index (Phi) is 2.14. The monoisotopic (exact) mass is 154 g/mol. The fourth-order valence-corrected chi connectivity index (χ4v) is 2.69. The Balaban J connectivity index is 1.98. The number of rotatable bonds is 1. The zero-order valence-corrected chi connectivity index (χ0v) is 7.05. The van der Waals surface area contributed by atoms with Crippen LogP contribution in [-0.4, -0.2) is 19.1 Å². The van der Waals surface area contributed by atoms with Gasteiger partial charge < -0.3 is 11.1 Å². The van der Waals surface area contributed by atoms with Crippen LogP contribution in [0.25, 0.3) is 0 Å². The zero-order chi connectivity index (χ0) is 7.68. The zero-order valence-electron chi connectivity index (χ0n) is 7.05. The molecule has 11 heavy (non-hydrogen) atoms. The Bertz CT molecular complexity index is 130. The molecule has 1 saturated carbocycles. The number of nitrogens with two attached hydrogens (primary N) is 1. The molecule has 2 fully saturated rings. The molecule has 1 aliphatic heterocycles. The van der Waals surface area contributed by atoms with Crippen molar-refractivity contribution >= 4 is 0 Å². The minimum atomic E-state index is 0.778. The molecule has 1 heterocycles. The van der Waals surface area contributed by atoms with E-state index in [1.54, 1.807) is 0 Å². The second-order valence-electron chi connectivity index (χ2n) is 3.96. The summed E-state index contributed by atoms with van der Waals surface area (Å²) in [5, 5.41) is 3.58. The van der Waals surface area contributed by atoms with Crippen LogP contribution in [0.5, 0.6) is 0 Å².